The van der Waals surface area contributed by atoms with Crippen molar-refractivity contribution in [3.8, 4) is 17.2 Å². The van der Waals surface area contributed by atoms with Crippen LogP contribution in [0.25, 0.3) is 0 Å². The van der Waals surface area contributed by atoms with Crippen LogP contribution in [0.3, 0.4) is 0 Å². The molecule has 0 aliphatic heterocycles. The van der Waals surface area contributed by atoms with E-state index in [0.717, 1.165) is 0 Å². The van der Waals surface area contributed by atoms with Crippen molar-refractivity contribution >= 4 is 27.5 Å². The lowest BCUT2D eigenvalue weighted by Gasteiger charge is -2.15. The summed E-state index contributed by atoms with van der Waals surface area (Å²) < 4.78 is 48.9. The molecule has 158 valence electrons. The molecule has 0 fully saturated rings. The summed E-state index contributed by atoms with van der Waals surface area (Å²) in [6, 6.07) is 8.86. The molecule has 0 aromatic heterocycles. The molecular formula is C19H24N2O7S. The third-order valence-electron chi connectivity index (χ3n) is 3.72. The van der Waals surface area contributed by atoms with Crippen molar-refractivity contribution in [2.75, 3.05) is 37.5 Å². The van der Waals surface area contributed by atoms with E-state index in [0.29, 0.717) is 23.9 Å². The summed E-state index contributed by atoms with van der Waals surface area (Å²) in [5.74, 6) is 1.10. The molecule has 0 saturated heterocycles. The van der Waals surface area contributed by atoms with Crippen molar-refractivity contribution in [2.24, 2.45) is 0 Å². The van der Waals surface area contributed by atoms with Crippen molar-refractivity contribution in [2.45, 2.75) is 18.7 Å². The number of nitrogens with one attached hydrogen (secondary N) is 2. The Kier molecular flexibility index (Phi) is 7.54. The lowest BCUT2D eigenvalue weighted by atomic mass is 10.3. The van der Waals surface area contributed by atoms with Gasteiger partial charge in [0.05, 0.1) is 43.7 Å². The van der Waals surface area contributed by atoms with Gasteiger partial charge in [0.1, 0.15) is 17.2 Å². The number of amides is 1. The molecule has 29 heavy (non-hydrogen) atoms. The Morgan fingerprint density at radius 1 is 0.931 bits per heavy atom. The molecule has 2 aromatic rings. The lowest BCUT2D eigenvalue weighted by molar-refractivity contribution is 0.167. The van der Waals surface area contributed by atoms with Crippen LogP contribution < -0.4 is 24.2 Å². The summed E-state index contributed by atoms with van der Waals surface area (Å²) in [4.78, 5) is 11.7. The summed E-state index contributed by atoms with van der Waals surface area (Å²) in [6.45, 7) is 3.94. The first-order chi connectivity index (χ1) is 13.8. The van der Waals surface area contributed by atoms with Gasteiger partial charge in [-0.15, -0.1) is 0 Å². The highest BCUT2D eigenvalue weighted by molar-refractivity contribution is 7.92. The SMILES string of the molecule is CCOC(=O)Nc1cc(S(=O)(=O)Nc2cc(OC)ccc2OC)ccc1OCC. The molecule has 0 aliphatic carbocycles. The molecule has 0 spiro atoms. The molecule has 0 radical (unpaired) electrons. The number of methoxy groups -OCH3 is 2. The molecule has 0 saturated carbocycles. The topological polar surface area (TPSA) is 112 Å². The number of ether oxygens (including phenoxy) is 4. The highest BCUT2D eigenvalue weighted by Gasteiger charge is 2.20. The maximum Gasteiger partial charge on any atom is 0.411 e. The Morgan fingerprint density at radius 3 is 2.28 bits per heavy atom. The van der Waals surface area contributed by atoms with Crippen LogP contribution in [0.15, 0.2) is 41.3 Å². The fourth-order valence-corrected chi connectivity index (χ4v) is 3.52. The molecular weight excluding hydrogens is 400 g/mol. The van der Waals surface area contributed by atoms with Crippen LogP contribution in [0.5, 0.6) is 17.2 Å². The Bertz CT molecular complexity index is 961. The quantitative estimate of drug-likeness (QED) is 0.634. The second kappa shape index (κ2) is 9.87. The van der Waals surface area contributed by atoms with Gasteiger partial charge in [-0.25, -0.2) is 13.2 Å². The van der Waals surface area contributed by atoms with Gasteiger partial charge >= 0.3 is 6.09 Å². The number of carbonyl (C=O) groups excluding carboxylic acids is 1. The number of hydrogen-bond acceptors (Lipinski definition) is 7. The maximum absolute atomic E-state index is 12.9. The van der Waals surface area contributed by atoms with E-state index in [2.05, 4.69) is 10.0 Å². The highest BCUT2D eigenvalue weighted by Crippen LogP contribution is 2.33. The molecule has 0 bridgehead atoms. The Hall–Kier alpha value is -3.14. The van der Waals surface area contributed by atoms with Crippen LogP contribution in [-0.2, 0) is 14.8 Å². The van der Waals surface area contributed by atoms with E-state index in [9.17, 15) is 13.2 Å². The average Bonchev–Trinajstić information content (AvgIpc) is 2.69. The van der Waals surface area contributed by atoms with E-state index in [1.54, 1.807) is 26.0 Å². The number of carbonyl (C=O) groups is 1. The maximum atomic E-state index is 12.9. The van der Waals surface area contributed by atoms with Gasteiger partial charge in [-0.05, 0) is 44.2 Å². The van der Waals surface area contributed by atoms with Crippen molar-refractivity contribution in [3.63, 3.8) is 0 Å². The van der Waals surface area contributed by atoms with Crippen molar-refractivity contribution in [1.82, 2.24) is 0 Å². The standard InChI is InChI=1S/C19H24N2O7S/c1-5-27-18-10-8-14(12-15(18)20-19(22)28-6-2)29(23,24)21-16-11-13(25-3)7-9-17(16)26-4/h7-12,21H,5-6H2,1-4H3,(H,20,22). The zero-order valence-electron chi connectivity index (χ0n) is 16.6. The van der Waals surface area contributed by atoms with E-state index in [-0.39, 0.29) is 22.9 Å². The molecule has 1 amide bonds. The third-order valence-corrected chi connectivity index (χ3v) is 5.09. The van der Waals surface area contributed by atoms with E-state index >= 15 is 0 Å². The van der Waals surface area contributed by atoms with Crippen molar-refractivity contribution in [1.29, 1.82) is 0 Å². The van der Waals surface area contributed by atoms with Crippen LogP contribution in [0, 0.1) is 0 Å². The monoisotopic (exact) mass is 424 g/mol. The van der Waals surface area contributed by atoms with Crippen molar-refractivity contribution < 1.29 is 32.2 Å². The summed E-state index contributed by atoms with van der Waals surface area (Å²) in [5, 5.41) is 2.49. The minimum absolute atomic E-state index is 0.0855. The summed E-state index contributed by atoms with van der Waals surface area (Å²) in [6.07, 6.45) is -0.717. The largest absolute Gasteiger partial charge is 0.497 e. The Morgan fingerprint density at radius 2 is 1.66 bits per heavy atom. The van der Waals surface area contributed by atoms with Gasteiger partial charge in [-0.1, -0.05) is 0 Å². The van der Waals surface area contributed by atoms with Gasteiger partial charge in [0, 0.05) is 6.07 Å². The number of sulfonamides is 1. The van der Waals surface area contributed by atoms with E-state index in [1.807, 2.05) is 0 Å². The number of hydrogen-bond donors (Lipinski definition) is 2. The van der Waals surface area contributed by atoms with Crippen LogP contribution >= 0.6 is 0 Å². The molecule has 0 aliphatic rings. The van der Waals surface area contributed by atoms with Gasteiger partial charge in [0.2, 0.25) is 0 Å². The number of rotatable bonds is 9. The Labute approximate surface area is 170 Å². The molecule has 9 nitrogen and oxygen atoms in total. The van der Waals surface area contributed by atoms with Gasteiger partial charge in [-0.2, -0.15) is 0 Å². The van der Waals surface area contributed by atoms with Crippen LogP contribution in [-0.4, -0.2) is 41.9 Å². The second-order valence-corrected chi connectivity index (χ2v) is 7.29. The fourth-order valence-electron chi connectivity index (χ4n) is 2.43. The van der Waals surface area contributed by atoms with Gasteiger partial charge < -0.3 is 18.9 Å². The van der Waals surface area contributed by atoms with Crippen molar-refractivity contribution in [3.05, 3.63) is 36.4 Å². The predicted octanol–water partition coefficient (Wildman–Crippen LogP) is 3.47. The normalized spacial score (nSPS) is 10.8. The Balaban J connectivity index is 2.40. The van der Waals surface area contributed by atoms with Gasteiger partial charge in [0.15, 0.2) is 0 Å². The number of anilines is 2. The fraction of sp³-hybridized carbons (Fsp3) is 0.316. The first kappa shape index (κ1) is 22.2. The number of benzene rings is 2. The van der Waals surface area contributed by atoms with Crippen LogP contribution in [0.2, 0.25) is 0 Å². The zero-order chi connectivity index (χ0) is 21.4. The average molecular weight is 424 g/mol. The van der Waals surface area contributed by atoms with Crippen LogP contribution in [0.4, 0.5) is 16.2 Å². The minimum atomic E-state index is -4.01. The molecule has 0 heterocycles. The van der Waals surface area contributed by atoms with Gasteiger partial charge in [0.25, 0.3) is 10.0 Å². The smallest absolute Gasteiger partial charge is 0.411 e. The second-order valence-electron chi connectivity index (χ2n) is 5.61. The predicted molar refractivity (Wildman–Crippen MR) is 109 cm³/mol. The minimum Gasteiger partial charge on any atom is -0.497 e. The first-order valence-electron chi connectivity index (χ1n) is 8.80. The summed E-state index contributed by atoms with van der Waals surface area (Å²) >= 11 is 0. The first-order valence-corrected chi connectivity index (χ1v) is 10.3. The zero-order valence-corrected chi connectivity index (χ0v) is 17.5. The highest BCUT2D eigenvalue weighted by atomic mass is 32.2. The van der Waals surface area contributed by atoms with E-state index in [1.165, 1.54) is 38.5 Å². The summed E-state index contributed by atoms with van der Waals surface area (Å²) in [7, 11) is -1.11. The van der Waals surface area contributed by atoms with E-state index in [4.69, 9.17) is 18.9 Å². The molecule has 2 aromatic carbocycles. The third kappa shape index (κ3) is 5.67. The molecule has 0 unspecified atom stereocenters. The molecule has 10 heteroatoms. The molecule has 2 rings (SSSR count). The lowest BCUT2D eigenvalue weighted by Crippen LogP contribution is -2.17. The molecule has 0 atom stereocenters. The summed E-state index contributed by atoms with van der Waals surface area (Å²) in [5.41, 5.74) is 0.381. The van der Waals surface area contributed by atoms with Gasteiger partial charge in [-0.3, -0.25) is 10.0 Å². The molecule has 2 N–H and O–H groups in total. The van der Waals surface area contributed by atoms with E-state index < -0.39 is 16.1 Å². The van der Waals surface area contributed by atoms with Crippen LogP contribution in [0.1, 0.15) is 13.8 Å².